The number of nitrogens with two attached hydrogens (primary N) is 1. The van der Waals surface area contributed by atoms with E-state index in [2.05, 4.69) is 38.4 Å². The molecule has 1 saturated heterocycles. The third kappa shape index (κ3) is 7.43. The smallest absolute Gasteiger partial charge is 0.286 e. The number of ether oxygens (including phenoxy) is 3. The Labute approximate surface area is 284 Å². The second-order valence-corrected chi connectivity index (χ2v) is 16.3. The molecule has 0 aromatic heterocycles. The number of aryl methyl sites for hydroxylation is 1. The van der Waals surface area contributed by atoms with Gasteiger partial charge in [-0.25, -0.2) is 9.35 Å². The van der Waals surface area contributed by atoms with Crippen molar-refractivity contribution in [2.24, 2.45) is 21.3 Å². The molecule has 1 saturated carbocycles. The number of carbonyl (C=O) groups is 1. The number of hydrogen-bond donors (Lipinski definition) is 1. The maximum Gasteiger partial charge on any atom is 0.286 e. The average Bonchev–Trinajstić information content (AvgIpc) is 3.19. The third-order valence-electron chi connectivity index (χ3n) is 10.8. The summed E-state index contributed by atoms with van der Waals surface area (Å²) in [7, 11) is -3.17. The first kappa shape index (κ1) is 33.0. The molecule has 0 radical (unpaired) electrons. The molecule has 254 valence electrons. The lowest BCUT2D eigenvalue weighted by Crippen LogP contribution is -2.50. The van der Waals surface area contributed by atoms with Crippen LogP contribution in [0.15, 0.2) is 52.9 Å². The second-order valence-electron chi connectivity index (χ2n) is 13.9. The Hall–Kier alpha value is -2.47. The van der Waals surface area contributed by atoms with Crippen LogP contribution in [0.25, 0.3) is 0 Å². The molecule has 3 heterocycles. The van der Waals surface area contributed by atoms with Gasteiger partial charge in [0.15, 0.2) is 0 Å². The van der Waals surface area contributed by atoms with Crippen LogP contribution in [0.5, 0.6) is 5.75 Å². The van der Waals surface area contributed by atoms with E-state index in [1.807, 2.05) is 18.2 Å². The summed E-state index contributed by atoms with van der Waals surface area (Å²) < 4.78 is 36.0. The van der Waals surface area contributed by atoms with Crippen molar-refractivity contribution in [1.82, 2.24) is 4.90 Å². The Morgan fingerprint density at radius 1 is 1.13 bits per heavy atom. The Morgan fingerprint density at radius 3 is 2.83 bits per heavy atom. The minimum atomic E-state index is -3.17. The van der Waals surface area contributed by atoms with Gasteiger partial charge in [0.05, 0.1) is 38.2 Å². The van der Waals surface area contributed by atoms with Crippen molar-refractivity contribution in [2.45, 2.75) is 56.5 Å². The number of carbonyl (C=O) groups excluding carboxylic acids is 1. The van der Waals surface area contributed by atoms with Crippen LogP contribution in [-0.4, -0.2) is 86.0 Å². The fourth-order valence-corrected chi connectivity index (χ4v) is 9.38. The van der Waals surface area contributed by atoms with E-state index in [1.54, 1.807) is 6.07 Å². The summed E-state index contributed by atoms with van der Waals surface area (Å²) in [5.74, 6) is 1.16. The predicted octanol–water partition coefficient (Wildman–Crippen LogP) is 5.39. The fourth-order valence-electron chi connectivity index (χ4n) is 8.13. The van der Waals surface area contributed by atoms with Crippen LogP contribution in [-0.2, 0) is 31.2 Å². The van der Waals surface area contributed by atoms with E-state index in [1.165, 1.54) is 11.1 Å². The zero-order valence-electron chi connectivity index (χ0n) is 27.1. The lowest BCUT2D eigenvalue weighted by Gasteiger charge is -2.46. The van der Waals surface area contributed by atoms with Crippen LogP contribution in [0, 0.1) is 11.8 Å². The molecule has 47 heavy (non-hydrogen) atoms. The molecule has 5 atom stereocenters. The van der Waals surface area contributed by atoms with Crippen molar-refractivity contribution < 1.29 is 23.2 Å². The number of halogens is 1. The molecule has 1 amide bonds. The van der Waals surface area contributed by atoms with Crippen LogP contribution in [0.4, 0.5) is 5.69 Å². The monoisotopic (exact) mass is 682 g/mol. The molecule has 1 spiro atoms. The van der Waals surface area contributed by atoms with Gasteiger partial charge in [0, 0.05) is 54.5 Å². The summed E-state index contributed by atoms with van der Waals surface area (Å²) >= 11 is 6.45. The van der Waals surface area contributed by atoms with Crippen molar-refractivity contribution >= 4 is 33.1 Å². The summed E-state index contributed by atoms with van der Waals surface area (Å²) in [6, 6.07) is 11.8. The Balaban J connectivity index is 1.22. The van der Waals surface area contributed by atoms with E-state index < -0.39 is 15.8 Å². The largest absolute Gasteiger partial charge is 0.490 e. The van der Waals surface area contributed by atoms with Crippen LogP contribution >= 0.6 is 11.6 Å². The first-order valence-electron chi connectivity index (χ1n) is 17.2. The van der Waals surface area contributed by atoms with Crippen LogP contribution in [0.3, 0.4) is 0 Å². The number of allylic oxidation sites excluding steroid dienone is 1. The normalized spacial score (nSPS) is 32.3. The molecule has 7 rings (SSSR count). The van der Waals surface area contributed by atoms with Gasteiger partial charge < -0.3 is 19.1 Å². The molecule has 9 nitrogen and oxygen atoms in total. The van der Waals surface area contributed by atoms with E-state index in [9.17, 15) is 9.00 Å². The van der Waals surface area contributed by atoms with Gasteiger partial charge in [-0.3, -0.25) is 9.69 Å². The van der Waals surface area contributed by atoms with Crippen molar-refractivity contribution in [3.8, 4) is 5.75 Å². The lowest BCUT2D eigenvalue weighted by molar-refractivity contribution is -0.0314. The maximum absolute atomic E-state index is 13.3. The number of benzene rings is 2. The van der Waals surface area contributed by atoms with Gasteiger partial charge in [0.1, 0.15) is 15.7 Å². The van der Waals surface area contributed by atoms with Gasteiger partial charge in [-0.05, 0) is 98.2 Å². The lowest BCUT2D eigenvalue weighted by atomic mass is 9.68. The van der Waals surface area contributed by atoms with Gasteiger partial charge in [0.2, 0.25) is 0 Å². The predicted molar refractivity (Wildman–Crippen MR) is 186 cm³/mol. The van der Waals surface area contributed by atoms with Crippen LogP contribution in [0.2, 0.25) is 5.02 Å². The van der Waals surface area contributed by atoms with Crippen molar-refractivity contribution in [3.63, 3.8) is 0 Å². The van der Waals surface area contributed by atoms with Gasteiger partial charge in [-0.1, -0.05) is 29.8 Å². The summed E-state index contributed by atoms with van der Waals surface area (Å²) in [4.78, 5) is 18.2. The molecule has 2 aliphatic carbocycles. The molecule has 2 aromatic rings. The van der Waals surface area contributed by atoms with Crippen molar-refractivity contribution in [2.75, 3.05) is 69.8 Å². The fraction of sp³-hybridized carbons (Fsp3) is 0.583. The maximum atomic E-state index is 13.3. The Bertz CT molecular complexity index is 1620. The molecule has 2 fully saturated rings. The summed E-state index contributed by atoms with van der Waals surface area (Å²) in [5.41, 5.74) is 3.64. The number of rotatable bonds is 4. The molecular formula is C36H47ClN4O5S. The molecule has 1 unspecified atom stereocenters. The van der Waals surface area contributed by atoms with E-state index >= 15 is 0 Å². The second kappa shape index (κ2) is 14.2. The van der Waals surface area contributed by atoms with E-state index in [0.29, 0.717) is 43.5 Å². The van der Waals surface area contributed by atoms with Gasteiger partial charge in [0.25, 0.3) is 5.91 Å². The number of nitrogens with zero attached hydrogens (tertiary/aromatic N) is 3. The number of morpholine rings is 1. The molecule has 11 heteroatoms. The quantitative estimate of drug-likeness (QED) is 0.431. The summed E-state index contributed by atoms with van der Waals surface area (Å²) in [6.07, 6.45) is 10.9. The topological polar surface area (TPSA) is 107 Å². The van der Waals surface area contributed by atoms with E-state index in [0.717, 1.165) is 94.5 Å². The highest BCUT2D eigenvalue weighted by atomic mass is 35.5. The van der Waals surface area contributed by atoms with Crippen molar-refractivity contribution in [3.05, 3.63) is 70.3 Å². The number of hydrogen-bond acceptors (Lipinski definition) is 7. The molecule has 3 aliphatic heterocycles. The SMILES string of the molecule is NS1(=O)=NC(=O)c2ccc3c(c2)N(C[C@@H]2CC[C@H]2[C@@H](OCCN2CCOCC2)/C=C/CCC1)C[C@@]1(CCCc2cc(Cl)ccc21)CO3. The molecule has 2 bridgehead atoms. The van der Waals surface area contributed by atoms with Gasteiger partial charge in [-0.15, -0.1) is 4.36 Å². The third-order valence-corrected chi connectivity index (χ3v) is 12.4. The molecule has 5 aliphatic rings. The Morgan fingerprint density at radius 2 is 2.00 bits per heavy atom. The molecule has 2 aromatic carbocycles. The number of anilines is 1. The zero-order valence-corrected chi connectivity index (χ0v) is 28.7. The van der Waals surface area contributed by atoms with E-state index in [4.69, 9.17) is 31.0 Å². The van der Waals surface area contributed by atoms with Crippen LogP contribution < -0.4 is 14.8 Å². The molecule has 2 N–H and O–H groups in total. The molecular weight excluding hydrogens is 636 g/mol. The number of amides is 1. The zero-order chi connectivity index (χ0) is 32.4. The standard InChI is InChI=1S/C36H47ClN4O5S/c37-29-9-11-31-26(21-29)5-4-13-36(31)24-41-23-28-7-10-30(28)33(45-19-16-40-14-17-44-18-15-40)6-2-1-3-20-47(38,43)39-35(42)27-8-12-34(46-25-36)32(41)22-27/h2,6,8-9,11-12,21-22,28,30,33H,1,3-5,7,10,13-20,23-25H2,(H2,38,39,42,43)/b6-2+/t28-,30+,33-,36-,47?/m0/s1. The highest BCUT2D eigenvalue weighted by Gasteiger charge is 2.44. The minimum absolute atomic E-state index is 0.00302. The van der Waals surface area contributed by atoms with Crippen molar-refractivity contribution in [1.29, 1.82) is 0 Å². The van der Waals surface area contributed by atoms with Crippen LogP contribution in [0.1, 0.15) is 60.0 Å². The highest BCUT2D eigenvalue weighted by molar-refractivity contribution is 7.91. The van der Waals surface area contributed by atoms with E-state index in [-0.39, 0.29) is 17.3 Å². The average molecular weight is 683 g/mol. The minimum Gasteiger partial charge on any atom is -0.490 e. The highest BCUT2D eigenvalue weighted by Crippen LogP contribution is 2.47. The Kier molecular flexibility index (Phi) is 9.97. The first-order chi connectivity index (χ1) is 22.8. The van der Waals surface area contributed by atoms with Gasteiger partial charge in [-0.2, -0.15) is 0 Å². The number of fused-ring (bicyclic) bond motifs is 4. The van der Waals surface area contributed by atoms with Gasteiger partial charge >= 0.3 is 0 Å². The summed E-state index contributed by atoms with van der Waals surface area (Å²) in [5, 5.41) is 6.85. The summed E-state index contributed by atoms with van der Waals surface area (Å²) in [6.45, 7) is 7.13. The first-order valence-corrected chi connectivity index (χ1v) is 19.4.